The second-order valence-corrected chi connectivity index (χ2v) is 15.0. The minimum atomic E-state index is -0.253. The van der Waals surface area contributed by atoms with Gasteiger partial charge < -0.3 is 9.32 Å². The third kappa shape index (κ3) is 5.03. The molecule has 0 radical (unpaired) electrons. The Hall–Kier alpha value is -7.16. The molecule has 10 aromatic rings. The zero-order chi connectivity index (χ0) is 37.2. The van der Waals surface area contributed by atoms with E-state index in [9.17, 15) is 0 Å². The molecule has 1 heterocycles. The van der Waals surface area contributed by atoms with Crippen LogP contribution in [0.4, 0.5) is 17.1 Å². The van der Waals surface area contributed by atoms with Gasteiger partial charge in [0.2, 0.25) is 0 Å². The van der Waals surface area contributed by atoms with E-state index in [1.54, 1.807) is 0 Å². The van der Waals surface area contributed by atoms with Crippen molar-refractivity contribution >= 4 is 49.8 Å². The van der Waals surface area contributed by atoms with Gasteiger partial charge in [0.1, 0.15) is 11.2 Å². The first-order valence-corrected chi connectivity index (χ1v) is 19.3. The van der Waals surface area contributed by atoms with Crippen LogP contribution in [0.2, 0.25) is 0 Å². The third-order valence-electron chi connectivity index (χ3n) is 12.0. The first-order valence-electron chi connectivity index (χ1n) is 19.3. The van der Waals surface area contributed by atoms with Crippen molar-refractivity contribution in [3.63, 3.8) is 0 Å². The van der Waals surface area contributed by atoms with Crippen molar-refractivity contribution in [2.24, 2.45) is 0 Å². The SMILES string of the molecule is CC1(c2ccc(N(c3ccc(-c4ccc5ccccc5c4)cc3)c3ccc(-c4cccc5c4oc4ccccc45)cc3)cc2)c2ccccc2-c2ccccc21. The summed E-state index contributed by atoms with van der Waals surface area (Å²) in [7, 11) is 0. The van der Waals surface area contributed by atoms with Gasteiger partial charge in [-0.3, -0.25) is 0 Å². The van der Waals surface area contributed by atoms with Crippen LogP contribution in [0, 0.1) is 0 Å². The summed E-state index contributed by atoms with van der Waals surface area (Å²) < 4.78 is 6.42. The maximum atomic E-state index is 6.42. The number of furan rings is 1. The molecule has 2 heteroatoms. The van der Waals surface area contributed by atoms with Crippen molar-refractivity contribution in [1.82, 2.24) is 0 Å². The maximum Gasteiger partial charge on any atom is 0.143 e. The van der Waals surface area contributed by atoms with E-state index in [2.05, 4.69) is 206 Å². The molecule has 0 spiro atoms. The summed E-state index contributed by atoms with van der Waals surface area (Å²) in [5, 5.41) is 4.77. The lowest BCUT2D eigenvalue weighted by molar-refractivity contribution is 0.670. The highest BCUT2D eigenvalue weighted by atomic mass is 16.3. The summed E-state index contributed by atoms with van der Waals surface area (Å²) >= 11 is 0. The first kappa shape index (κ1) is 32.3. The smallest absolute Gasteiger partial charge is 0.143 e. The van der Waals surface area contributed by atoms with Gasteiger partial charge in [-0.25, -0.2) is 0 Å². The van der Waals surface area contributed by atoms with Crippen molar-refractivity contribution in [3.05, 3.63) is 223 Å². The highest BCUT2D eigenvalue weighted by Crippen LogP contribution is 2.52. The van der Waals surface area contributed by atoms with Crippen LogP contribution in [-0.4, -0.2) is 0 Å². The average Bonchev–Trinajstić information content (AvgIpc) is 3.78. The number of para-hydroxylation sites is 2. The van der Waals surface area contributed by atoms with Gasteiger partial charge in [0.05, 0.1) is 0 Å². The number of benzene rings is 9. The molecule has 1 aliphatic rings. The van der Waals surface area contributed by atoms with Crippen LogP contribution in [-0.2, 0) is 5.41 Å². The van der Waals surface area contributed by atoms with Crippen LogP contribution in [0.3, 0.4) is 0 Å². The van der Waals surface area contributed by atoms with E-state index < -0.39 is 0 Å². The Bertz CT molecular complexity index is 3030. The highest BCUT2D eigenvalue weighted by molar-refractivity contribution is 6.09. The molecule has 0 bridgehead atoms. The van der Waals surface area contributed by atoms with Gasteiger partial charge in [-0.1, -0.05) is 158 Å². The molecule has 0 aliphatic heterocycles. The molecule has 0 atom stereocenters. The lowest BCUT2D eigenvalue weighted by atomic mass is 9.74. The predicted molar refractivity (Wildman–Crippen MR) is 234 cm³/mol. The number of rotatable bonds is 6. The highest BCUT2D eigenvalue weighted by Gasteiger charge is 2.40. The number of hydrogen-bond acceptors (Lipinski definition) is 2. The zero-order valence-corrected chi connectivity index (χ0v) is 31.0. The van der Waals surface area contributed by atoms with E-state index in [1.807, 2.05) is 12.1 Å². The zero-order valence-electron chi connectivity index (χ0n) is 31.0. The Labute approximate surface area is 326 Å². The summed E-state index contributed by atoms with van der Waals surface area (Å²) in [5.74, 6) is 0. The Morgan fingerprint density at radius 3 is 1.61 bits per heavy atom. The fourth-order valence-corrected chi connectivity index (χ4v) is 9.09. The minimum absolute atomic E-state index is 0.253. The Balaban J connectivity index is 1.00. The standard InChI is InChI=1S/C54H37NO/c1-54(50-18-7-4-13-46(50)47-14-5-8-19-51(47)54)41-27-33-44(34-28-41)55(42-29-23-37(24-30-42)40-22-21-36-11-2-3-12-39(36)35-40)43-31-25-38(26-32-43)45-16-10-17-49-48-15-6-9-20-52(48)56-53(45)49/h2-35H,1H3. The lowest BCUT2D eigenvalue weighted by Crippen LogP contribution is -2.22. The molecular formula is C54H37NO. The summed E-state index contributed by atoms with van der Waals surface area (Å²) in [6, 6.07) is 74.7. The Morgan fingerprint density at radius 2 is 0.911 bits per heavy atom. The van der Waals surface area contributed by atoms with E-state index in [-0.39, 0.29) is 5.41 Å². The molecule has 2 nitrogen and oxygen atoms in total. The van der Waals surface area contributed by atoms with Crippen LogP contribution >= 0.6 is 0 Å². The molecule has 0 unspecified atom stereocenters. The molecule has 56 heavy (non-hydrogen) atoms. The fraction of sp³-hybridized carbons (Fsp3) is 0.0370. The van der Waals surface area contributed by atoms with E-state index >= 15 is 0 Å². The summed E-state index contributed by atoms with van der Waals surface area (Å²) in [6.45, 7) is 2.37. The molecule has 0 amide bonds. The van der Waals surface area contributed by atoms with Crippen LogP contribution < -0.4 is 4.90 Å². The van der Waals surface area contributed by atoms with Gasteiger partial charge in [-0.15, -0.1) is 0 Å². The number of fused-ring (bicyclic) bond motifs is 7. The largest absolute Gasteiger partial charge is 0.455 e. The summed E-state index contributed by atoms with van der Waals surface area (Å²) in [4.78, 5) is 2.36. The molecule has 1 aromatic heterocycles. The molecule has 1 aliphatic carbocycles. The lowest BCUT2D eigenvalue weighted by Gasteiger charge is -2.30. The third-order valence-corrected chi connectivity index (χ3v) is 12.0. The predicted octanol–water partition coefficient (Wildman–Crippen LogP) is 14.9. The van der Waals surface area contributed by atoms with Gasteiger partial charge in [0.25, 0.3) is 0 Å². The number of nitrogens with zero attached hydrogens (tertiary/aromatic N) is 1. The van der Waals surface area contributed by atoms with Gasteiger partial charge in [0.15, 0.2) is 0 Å². The molecular weight excluding hydrogens is 679 g/mol. The van der Waals surface area contributed by atoms with Crippen LogP contribution in [0.15, 0.2) is 211 Å². The van der Waals surface area contributed by atoms with Crippen LogP contribution in [0.1, 0.15) is 23.6 Å². The Kier molecular flexibility index (Phi) is 7.33. The second kappa shape index (κ2) is 12.7. The quantitative estimate of drug-likeness (QED) is 0.170. The molecule has 0 fully saturated rings. The van der Waals surface area contributed by atoms with E-state index in [1.165, 1.54) is 49.7 Å². The topological polar surface area (TPSA) is 16.4 Å². The Morgan fingerprint density at radius 1 is 0.393 bits per heavy atom. The maximum absolute atomic E-state index is 6.42. The van der Waals surface area contributed by atoms with E-state index in [0.29, 0.717) is 0 Å². The number of hydrogen-bond donors (Lipinski definition) is 0. The molecule has 0 N–H and O–H groups in total. The van der Waals surface area contributed by atoms with Gasteiger partial charge in [0, 0.05) is 38.8 Å². The van der Waals surface area contributed by atoms with Gasteiger partial charge >= 0.3 is 0 Å². The molecule has 0 saturated carbocycles. The van der Waals surface area contributed by atoms with Crippen molar-refractivity contribution < 1.29 is 4.42 Å². The molecule has 0 saturated heterocycles. The normalized spacial score (nSPS) is 12.9. The second-order valence-electron chi connectivity index (χ2n) is 15.0. The van der Waals surface area contributed by atoms with Crippen molar-refractivity contribution in [1.29, 1.82) is 0 Å². The first-order chi connectivity index (χ1) is 27.6. The van der Waals surface area contributed by atoms with Crippen molar-refractivity contribution in [2.75, 3.05) is 4.90 Å². The average molecular weight is 716 g/mol. The van der Waals surface area contributed by atoms with Gasteiger partial charge in [-0.05, 0) is 111 Å². The van der Waals surface area contributed by atoms with Crippen LogP contribution in [0.5, 0.6) is 0 Å². The van der Waals surface area contributed by atoms with E-state index in [0.717, 1.165) is 50.1 Å². The molecule has 9 aromatic carbocycles. The van der Waals surface area contributed by atoms with Crippen molar-refractivity contribution in [3.8, 4) is 33.4 Å². The van der Waals surface area contributed by atoms with Crippen molar-refractivity contribution in [2.45, 2.75) is 12.3 Å². The molecule has 264 valence electrons. The minimum Gasteiger partial charge on any atom is -0.455 e. The molecule has 11 rings (SSSR count). The summed E-state index contributed by atoms with van der Waals surface area (Å²) in [6.07, 6.45) is 0. The fourth-order valence-electron chi connectivity index (χ4n) is 9.09. The summed E-state index contributed by atoms with van der Waals surface area (Å²) in [5.41, 5.74) is 16.1. The van der Waals surface area contributed by atoms with Gasteiger partial charge in [-0.2, -0.15) is 0 Å². The van der Waals surface area contributed by atoms with E-state index in [4.69, 9.17) is 4.42 Å². The monoisotopic (exact) mass is 715 g/mol. The van der Waals surface area contributed by atoms with Crippen LogP contribution in [0.25, 0.3) is 66.1 Å². The number of anilines is 3.